The van der Waals surface area contributed by atoms with Crippen LogP contribution in [0, 0.1) is 0 Å². The standard InChI is InChI=1S/C75H78BN5/c1-71(2,3)50-33-31-49(32-34-50)70-77-63-48-65-62(47-66(63)81(70)57-29-23-18-24-30-57)76-61-44-52(73(7,8)9)37-40-64(61)79(58-38-35-51(36-39-58)72(4,5)6)67-45-60(78(55-25-19-16-20-26-55)56-27-21-17-22-28-56)46-68(69(67)76)80(65)59-42-53(74(10,11)12)41-54(43-59)75(13,14)15/h16-48H,1-15H3. The summed E-state index contributed by atoms with van der Waals surface area (Å²) in [6.45, 7) is 34.7. The largest absolute Gasteiger partial charge is 0.311 e. The molecule has 12 rings (SSSR count). The van der Waals surface area contributed by atoms with Gasteiger partial charge in [-0.25, -0.2) is 4.98 Å². The van der Waals surface area contributed by atoms with Crippen molar-refractivity contribution in [2.45, 2.75) is 131 Å². The number of nitrogens with zero attached hydrogens (tertiary/aromatic N) is 5. The van der Waals surface area contributed by atoms with E-state index in [0.29, 0.717) is 0 Å². The van der Waals surface area contributed by atoms with Crippen molar-refractivity contribution in [3.63, 3.8) is 0 Å². The number of aromatic nitrogens is 2. The third-order valence-corrected chi connectivity index (χ3v) is 16.9. The lowest BCUT2D eigenvalue weighted by Crippen LogP contribution is -2.61. The molecule has 2 aliphatic heterocycles. The van der Waals surface area contributed by atoms with Crippen LogP contribution in [0.25, 0.3) is 28.1 Å². The summed E-state index contributed by atoms with van der Waals surface area (Å²) in [5.41, 5.74) is 24.2. The molecule has 0 amide bonds. The Bertz CT molecular complexity index is 3920. The van der Waals surface area contributed by atoms with Gasteiger partial charge in [-0.1, -0.05) is 213 Å². The predicted octanol–water partition coefficient (Wildman–Crippen LogP) is 18.7. The van der Waals surface area contributed by atoms with Gasteiger partial charge in [-0.2, -0.15) is 0 Å². The lowest BCUT2D eigenvalue weighted by Gasteiger charge is -2.45. The maximum absolute atomic E-state index is 5.75. The van der Waals surface area contributed by atoms with E-state index in [1.165, 1.54) is 49.9 Å². The van der Waals surface area contributed by atoms with Crippen LogP contribution in [0.3, 0.4) is 0 Å². The Kier molecular flexibility index (Phi) is 12.8. The van der Waals surface area contributed by atoms with E-state index < -0.39 is 0 Å². The number of benzene rings is 9. The Morgan fingerprint density at radius 3 is 1.31 bits per heavy atom. The zero-order valence-electron chi connectivity index (χ0n) is 50.4. The van der Waals surface area contributed by atoms with Crippen molar-refractivity contribution in [3.8, 4) is 17.1 Å². The molecular formula is C75H78BN5. The smallest absolute Gasteiger partial charge is 0.252 e. The molecule has 0 radical (unpaired) electrons. The first-order valence-corrected chi connectivity index (χ1v) is 29.2. The van der Waals surface area contributed by atoms with Crippen molar-refractivity contribution in [3.05, 3.63) is 228 Å². The third kappa shape index (κ3) is 9.64. The Labute approximate surface area is 483 Å². The average Bonchev–Trinajstić information content (AvgIpc) is 3.80. The van der Waals surface area contributed by atoms with Gasteiger partial charge in [-0.15, -0.1) is 0 Å². The van der Waals surface area contributed by atoms with Crippen molar-refractivity contribution < 1.29 is 0 Å². The van der Waals surface area contributed by atoms with Crippen molar-refractivity contribution in [2.75, 3.05) is 14.7 Å². The van der Waals surface area contributed by atoms with Gasteiger partial charge in [0.2, 0.25) is 0 Å². The maximum Gasteiger partial charge on any atom is 0.252 e. The number of imidazole rings is 1. The van der Waals surface area contributed by atoms with E-state index in [0.717, 1.165) is 73.6 Å². The number of hydrogen-bond acceptors (Lipinski definition) is 4. The molecule has 0 aliphatic carbocycles. The van der Waals surface area contributed by atoms with Crippen molar-refractivity contribution in [1.29, 1.82) is 0 Å². The van der Waals surface area contributed by atoms with Crippen LogP contribution in [0.5, 0.6) is 0 Å². The normalized spacial score (nSPS) is 13.5. The van der Waals surface area contributed by atoms with Gasteiger partial charge in [0, 0.05) is 56.7 Å². The summed E-state index contributed by atoms with van der Waals surface area (Å²) in [6.07, 6.45) is 0. The summed E-state index contributed by atoms with van der Waals surface area (Å²) in [5, 5.41) is 0. The summed E-state index contributed by atoms with van der Waals surface area (Å²) in [7, 11) is 0. The average molecular weight is 1060 g/mol. The molecule has 0 fully saturated rings. The molecule has 0 saturated heterocycles. The van der Waals surface area contributed by atoms with Crippen LogP contribution in [0.1, 0.15) is 132 Å². The van der Waals surface area contributed by atoms with Crippen molar-refractivity contribution in [1.82, 2.24) is 9.55 Å². The second kappa shape index (κ2) is 19.3. The van der Waals surface area contributed by atoms with Gasteiger partial charge < -0.3 is 14.7 Å². The van der Waals surface area contributed by atoms with E-state index in [1.807, 2.05) is 0 Å². The van der Waals surface area contributed by atoms with Gasteiger partial charge in [-0.05, 0) is 162 Å². The fourth-order valence-corrected chi connectivity index (χ4v) is 12.2. The fourth-order valence-electron chi connectivity index (χ4n) is 12.2. The van der Waals surface area contributed by atoms with Crippen molar-refractivity contribution in [2.24, 2.45) is 0 Å². The number of rotatable bonds is 7. The Morgan fingerprint density at radius 2 is 0.802 bits per heavy atom. The molecule has 0 unspecified atom stereocenters. The first-order valence-electron chi connectivity index (χ1n) is 29.2. The minimum absolute atomic E-state index is 0.0128. The van der Waals surface area contributed by atoms with Gasteiger partial charge in [0.25, 0.3) is 6.71 Å². The van der Waals surface area contributed by atoms with Gasteiger partial charge in [0.05, 0.1) is 16.7 Å². The SMILES string of the molecule is CC(C)(C)c1ccc(-c2nc3cc4c(cc3n2-c2ccccc2)B2c3cc(C(C)(C)C)ccc3N(c3ccc(C(C)(C)C)cc3)c3cc(N(c5ccccc5)c5ccccc5)cc(c32)N4c2cc(C(C)(C)C)cc(C(C)(C)C)c2)cc1. The lowest BCUT2D eigenvalue weighted by atomic mass is 9.33. The highest BCUT2D eigenvalue weighted by Gasteiger charge is 2.45. The molecule has 10 aromatic rings. The third-order valence-electron chi connectivity index (χ3n) is 16.9. The number of fused-ring (bicyclic) bond motifs is 5. The fraction of sp³-hybridized carbons (Fsp3) is 0.267. The molecule has 6 heteroatoms. The van der Waals surface area contributed by atoms with E-state index in [2.05, 4.69) is 323 Å². The summed E-state index contributed by atoms with van der Waals surface area (Å²) < 4.78 is 2.40. The summed E-state index contributed by atoms with van der Waals surface area (Å²) in [6, 6.07) is 75.7. The van der Waals surface area contributed by atoms with E-state index in [-0.39, 0.29) is 33.8 Å². The minimum atomic E-state index is -0.162. The predicted molar refractivity (Wildman–Crippen MR) is 349 cm³/mol. The van der Waals surface area contributed by atoms with Gasteiger partial charge in [0.15, 0.2) is 0 Å². The topological polar surface area (TPSA) is 27.5 Å². The molecule has 406 valence electrons. The number of para-hydroxylation sites is 3. The second-order valence-electron chi connectivity index (χ2n) is 27.9. The molecular weight excluding hydrogens is 982 g/mol. The van der Waals surface area contributed by atoms with Crippen LogP contribution in [0.15, 0.2) is 200 Å². The van der Waals surface area contributed by atoms with E-state index in [9.17, 15) is 0 Å². The van der Waals surface area contributed by atoms with Crippen LogP contribution in [-0.2, 0) is 27.1 Å². The molecule has 9 aromatic carbocycles. The maximum atomic E-state index is 5.75. The first-order chi connectivity index (χ1) is 38.3. The number of hydrogen-bond donors (Lipinski definition) is 0. The molecule has 1 aromatic heterocycles. The molecule has 0 saturated carbocycles. The molecule has 0 spiro atoms. The Hall–Kier alpha value is -8.09. The summed E-state index contributed by atoms with van der Waals surface area (Å²) in [4.78, 5) is 13.4. The first kappa shape index (κ1) is 53.6. The molecule has 81 heavy (non-hydrogen) atoms. The van der Waals surface area contributed by atoms with Crippen molar-refractivity contribution >= 4 is 85.3 Å². The van der Waals surface area contributed by atoms with Crippen LogP contribution < -0.4 is 31.1 Å². The zero-order valence-corrected chi connectivity index (χ0v) is 50.4. The molecule has 3 heterocycles. The lowest BCUT2D eigenvalue weighted by molar-refractivity contribution is 0.568. The molecule has 5 nitrogen and oxygen atoms in total. The number of anilines is 9. The Balaban J connectivity index is 1.26. The highest BCUT2D eigenvalue weighted by Crippen LogP contribution is 2.50. The quantitative estimate of drug-likeness (QED) is 0.149. The molecule has 0 N–H and O–H groups in total. The van der Waals surface area contributed by atoms with E-state index in [1.54, 1.807) is 0 Å². The second-order valence-corrected chi connectivity index (χ2v) is 27.9. The Morgan fingerprint density at radius 1 is 0.346 bits per heavy atom. The monoisotopic (exact) mass is 1060 g/mol. The van der Waals surface area contributed by atoms with Gasteiger partial charge >= 0.3 is 0 Å². The van der Waals surface area contributed by atoms with Crippen LogP contribution in [-0.4, -0.2) is 16.3 Å². The zero-order chi connectivity index (χ0) is 57.1. The molecule has 0 atom stereocenters. The highest BCUT2D eigenvalue weighted by molar-refractivity contribution is 7.00. The van der Waals surface area contributed by atoms with E-state index in [4.69, 9.17) is 4.98 Å². The van der Waals surface area contributed by atoms with Crippen LogP contribution >= 0.6 is 0 Å². The molecule has 2 aliphatic rings. The van der Waals surface area contributed by atoms with Crippen LogP contribution in [0.4, 0.5) is 51.2 Å². The summed E-state index contributed by atoms with van der Waals surface area (Å²) in [5.74, 6) is 0.918. The van der Waals surface area contributed by atoms with Gasteiger partial charge in [-0.3, -0.25) is 4.57 Å². The summed E-state index contributed by atoms with van der Waals surface area (Å²) >= 11 is 0. The van der Waals surface area contributed by atoms with E-state index >= 15 is 0 Å². The highest BCUT2D eigenvalue weighted by atomic mass is 15.2. The van der Waals surface area contributed by atoms with Gasteiger partial charge in [0.1, 0.15) is 5.82 Å². The molecule has 0 bridgehead atoms. The minimum Gasteiger partial charge on any atom is -0.311 e. The van der Waals surface area contributed by atoms with Crippen LogP contribution in [0.2, 0.25) is 0 Å².